The normalized spacial score (nSPS) is 15.4. The summed E-state index contributed by atoms with van der Waals surface area (Å²) in [6, 6.07) is 7.24. The SMILES string of the molecule is COCCN(Cc1nc2ccccc2c(=O)[nH]1)C(=O)C1CCCCC1. The Balaban J connectivity index is 1.82. The Hall–Kier alpha value is -2.21. The van der Waals surface area contributed by atoms with Crippen LogP contribution in [0, 0.1) is 5.92 Å². The van der Waals surface area contributed by atoms with Crippen molar-refractivity contribution in [2.75, 3.05) is 20.3 Å². The summed E-state index contributed by atoms with van der Waals surface area (Å²) in [5.41, 5.74) is 0.482. The molecule has 25 heavy (non-hydrogen) atoms. The number of nitrogens with one attached hydrogen (secondary N) is 1. The van der Waals surface area contributed by atoms with E-state index in [1.807, 2.05) is 18.2 Å². The fourth-order valence-corrected chi connectivity index (χ4v) is 3.47. The summed E-state index contributed by atoms with van der Waals surface area (Å²) in [6.07, 6.45) is 5.33. The van der Waals surface area contributed by atoms with E-state index in [0.29, 0.717) is 36.4 Å². The first kappa shape index (κ1) is 17.6. The lowest BCUT2D eigenvalue weighted by Crippen LogP contribution is -2.39. The first-order valence-corrected chi connectivity index (χ1v) is 8.94. The highest BCUT2D eigenvalue weighted by Crippen LogP contribution is 2.25. The molecule has 1 aliphatic rings. The van der Waals surface area contributed by atoms with Gasteiger partial charge in [-0.25, -0.2) is 4.98 Å². The van der Waals surface area contributed by atoms with Crippen molar-refractivity contribution in [3.8, 4) is 0 Å². The average molecular weight is 343 g/mol. The highest BCUT2D eigenvalue weighted by Gasteiger charge is 2.26. The van der Waals surface area contributed by atoms with Gasteiger partial charge in [-0.2, -0.15) is 0 Å². The molecular formula is C19H25N3O3. The van der Waals surface area contributed by atoms with E-state index in [-0.39, 0.29) is 17.4 Å². The molecule has 0 unspecified atom stereocenters. The monoisotopic (exact) mass is 343 g/mol. The minimum atomic E-state index is -0.169. The minimum absolute atomic E-state index is 0.0813. The van der Waals surface area contributed by atoms with E-state index in [1.165, 1.54) is 6.42 Å². The Morgan fingerprint density at radius 3 is 2.80 bits per heavy atom. The van der Waals surface area contributed by atoms with Gasteiger partial charge in [0.15, 0.2) is 0 Å². The molecule has 0 aliphatic heterocycles. The maximum Gasteiger partial charge on any atom is 0.258 e. The second kappa shape index (κ2) is 8.25. The van der Waals surface area contributed by atoms with Gasteiger partial charge in [0.25, 0.3) is 5.56 Å². The van der Waals surface area contributed by atoms with Gasteiger partial charge in [0.2, 0.25) is 5.91 Å². The molecule has 0 bridgehead atoms. The van der Waals surface area contributed by atoms with Crippen molar-refractivity contribution < 1.29 is 9.53 Å². The third-order valence-electron chi connectivity index (χ3n) is 4.83. The zero-order chi connectivity index (χ0) is 17.6. The Bertz CT molecular complexity index is 781. The number of H-pyrrole nitrogens is 1. The molecule has 0 spiro atoms. The summed E-state index contributed by atoms with van der Waals surface area (Å²) < 4.78 is 5.16. The lowest BCUT2D eigenvalue weighted by Gasteiger charge is -2.29. The molecule has 134 valence electrons. The number of ether oxygens (including phenoxy) is 1. The zero-order valence-electron chi connectivity index (χ0n) is 14.7. The van der Waals surface area contributed by atoms with Crippen LogP contribution in [-0.4, -0.2) is 41.0 Å². The summed E-state index contributed by atoms with van der Waals surface area (Å²) >= 11 is 0. The van der Waals surface area contributed by atoms with E-state index in [9.17, 15) is 9.59 Å². The van der Waals surface area contributed by atoms with Crippen LogP contribution < -0.4 is 5.56 Å². The van der Waals surface area contributed by atoms with Gasteiger partial charge < -0.3 is 14.6 Å². The first-order chi connectivity index (χ1) is 12.2. The Kier molecular flexibility index (Phi) is 5.81. The van der Waals surface area contributed by atoms with Crippen LogP contribution in [0.1, 0.15) is 37.9 Å². The number of para-hydroxylation sites is 1. The van der Waals surface area contributed by atoms with Crippen LogP contribution in [0.4, 0.5) is 0 Å². The number of carbonyl (C=O) groups excluding carboxylic acids is 1. The molecule has 1 heterocycles. The summed E-state index contributed by atoms with van der Waals surface area (Å²) in [7, 11) is 1.62. The van der Waals surface area contributed by atoms with Gasteiger partial charge in [-0.3, -0.25) is 9.59 Å². The topological polar surface area (TPSA) is 75.3 Å². The second-order valence-electron chi connectivity index (χ2n) is 6.62. The third-order valence-corrected chi connectivity index (χ3v) is 4.83. The van der Waals surface area contributed by atoms with Crippen LogP contribution in [0.25, 0.3) is 10.9 Å². The van der Waals surface area contributed by atoms with Gasteiger partial charge in [-0.15, -0.1) is 0 Å². The molecule has 0 radical (unpaired) electrons. The quantitative estimate of drug-likeness (QED) is 0.874. The molecule has 1 aromatic carbocycles. The van der Waals surface area contributed by atoms with Crippen molar-refractivity contribution in [3.63, 3.8) is 0 Å². The van der Waals surface area contributed by atoms with E-state index in [4.69, 9.17) is 4.74 Å². The Morgan fingerprint density at radius 1 is 1.28 bits per heavy atom. The number of carbonyl (C=O) groups is 1. The molecule has 1 aliphatic carbocycles. The third kappa shape index (κ3) is 4.25. The molecule has 3 rings (SSSR count). The maximum absolute atomic E-state index is 12.9. The van der Waals surface area contributed by atoms with Crippen LogP contribution in [0.3, 0.4) is 0 Å². The molecule has 2 aromatic rings. The van der Waals surface area contributed by atoms with Crippen molar-refractivity contribution in [2.45, 2.75) is 38.6 Å². The summed E-state index contributed by atoms with van der Waals surface area (Å²) in [4.78, 5) is 34.3. The standard InChI is InChI=1S/C19H25N3O3/c1-25-12-11-22(19(24)14-7-3-2-4-8-14)13-17-20-16-10-6-5-9-15(16)18(23)21-17/h5-6,9-10,14H,2-4,7-8,11-13H2,1H3,(H,20,21,23). The van der Waals surface area contributed by atoms with E-state index in [1.54, 1.807) is 18.1 Å². The maximum atomic E-state index is 12.9. The second-order valence-corrected chi connectivity index (χ2v) is 6.62. The fourth-order valence-electron chi connectivity index (χ4n) is 3.47. The van der Waals surface area contributed by atoms with Gasteiger partial charge in [0.1, 0.15) is 5.82 Å². The molecule has 0 atom stereocenters. The Morgan fingerprint density at radius 2 is 2.04 bits per heavy atom. The lowest BCUT2D eigenvalue weighted by atomic mass is 9.88. The van der Waals surface area contributed by atoms with E-state index in [0.717, 1.165) is 25.7 Å². The van der Waals surface area contributed by atoms with Crippen molar-refractivity contribution >= 4 is 16.8 Å². The summed E-state index contributed by atoms with van der Waals surface area (Å²) in [6.45, 7) is 1.28. The minimum Gasteiger partial charge on any atom is -0.383 e. The molecule has 1 saturated carbocycles. The van der Waals surface area contributed by atoms with Gasteiger partial charge >= 0.3 is 0 Å². The van der Waals surface area contributed by atoms with Gasteiger partial charge in [-0.1, -0.05) is 31.4 Å². The van der Waals surface area contributed by atoms with E-state index in [2.05, 4.69) is 9.97 Å². The molecule has 6 nitrogen and oxygen atoms in total. The van der Waals surface area contributed by atoms with Gasteiger partial charge in [0.05, 0.1) is 24.1 Å². The van der Waals surface area contributed by atoms with Crippen LogP contribution in [0.15, 0.2) is 29.1 Å². The number of aromatic amines is 1. The van der Waals surface area contributed by atoms with Gasteiger partial charge in [-0.05, 0) is 25.0 Å². The van der Waals surface area contributed by atoms with Gasteiger partial charge in [0, 0.05) is 19.6 Å². The summed E-state index contributed by atoms with van der Waals surface area (Å²) in [5.74, 6) is 0.745. The molecule has 1 fully saturated rings. The zero-order valence-corrected chi connectivity index (χ0v) is 14.7. The largest absolute Gasteiger partial charge is 0.383 e. The predicted octanol–water partition coefficient (Wildman–Crippen LogP) is 2.48. The fraction of sp³-hybridized carbons (Fsp3) is 0.526. The van der Waals surface area contributed by atoms with Crippen LogP contribution in [0.2, 0.25) is 0 Å². The Labute approximate surface area is 147 Å². The van der Waals surface area contributed by atoms with Crippen molar-refractivity contribution in [1.82, 2.24) is 14.9 Å². The lowest BCUT2D eigenvalue weighted by molar-refractivity contribution is -0.138. The molecule has 1 N–H and O–H groups in total. The number of nitrogens with zero attached hydrogens (tertiary/aromatic N) is 2. The van der Waals surface area contributed by atoms with E-state index >= 15 is 0 Å². The number of aromatic nitrogens is 2. The molecule has 1 aromatic heterocycles. The van der Waals surface area contributed by atoms with Crippen LogP contribution >= 0.6 is 0 Å². The number of benzene rings is 1. The number of amides is 1. The van der Waals surface area contributed by atoms with Crippen molar-refractivity contribution in [1.29, 1.82) is 0 Å². The number of methoxy groups -OCH3 is 1. The number of hydrogen-bond donors (Lipinski definition) is 1. The molecule has 6 heteroatoms. The number of hydrogen-bond acceptors (Lipinski definition) is 4. The molecular weight excluding hydrogens is 318 g/mol. The number of rotatable bonds is 6. The molecule has 1 amide bonds. The predicted molar refractivity (Wildman–Crippen MR) is 96.2 cm³/mol. The van der Waals surface area contributed by atoms with Crippen molar-refractivity contribution in [3.05, 3.63) is 40.4 Å². The highest BCUT2D eigenvalue weighted by molar-refractivity contribution is 5.79. The van der Waals surface area contributed by atoms with E-state index < -0.39 is 0 Å². The highest BCUT2D eigenvalue weighted by atomic mass is 16.5. The summed E-state index contributed by atoms with van der Waals surface area (Å²) in [5, 5.41) is 0.563. The van der Waals surface area contributed by atoms with Crippen LogP contribution in [-0.2, 0) is 16.1 Å². The average Bonchev–Trinajstić information content (AvgIpc) is 2.65. The van der Waals surface area contributed by atoms with Crippen molar-refractivity contribution in [2.24, 2.45) is 5.92 Å². The smallest absolute Gasteiger partial charge is 0.258 e. The van der Waals surface area contributed by atoms with Crippen LogP contribution in [0.5, 0.6) is 0 Å². The number of fused-ring (bicyclic) bond motifs is 1. The first-order valence-electron chi connectivity index (χ1n) is 8.94. The molecule has 0 saturated heterocycles.